The lowest BCUT2D eigenvalue weighted by atomic mass is 10.1. The normalized spacial score (nSPS) is 13.7. The molecule has 5 aromatic rings. The molecule has 1 fully saturated rings. The number of aromatic hydroxyl groups is 1. The Morgan fingerprint density at radius 1 is 0.714 bits per heavy atom. The van der Waals surface area contributed by atoms with Crippen LogP contribution in [0.5, 0.6) is 40.2 Å². The van der Waals surface area contributed by atoms with E-state index in [4.69, 9.17) is 18.9 Å². The van der Waals surface area contributed by atoms with E-state index in [2.05, 4.69) is 9.08 Å². The van der Waals surface area contributed by atoms with E-state index in [-0.39, 0.29) is 17.2 Å². The van der Waals surface area contributed by atoms with Crippen molar-refractivity contribution in [2.24, 2.45) is 0 Å². The Hall–Kier alpha value is -4.88. The largest absolute Gasteiger partial charge is 0.534 e. The Labute approximate surface area is 282 Å². The van der Waals surface area contributed by atoms with Gasteiger partial charge >= 0.3 is 15.6 Å². The number of nitrogens with zero attached hydrogens (tertiary/aromatic N) is 1. The first-order valence-electron chi connectivity index (χ1n) is 15.5. The van der Waals surface area contributed by atoms with Crippen molar-refractivity contribution in [2.45, 2.75) is 24.8 Å². The van der Waals surface area contributed by atoms with Crippen molar-refractivity contribution in [2.75, 3.05) is 40.5 Å². The molecule has 260 valence electrons. The minimum Gasteiger partial charge on any atom is -0.508 e. The minimum absolute atomic E-state index is 0.179. The highest BCUT2D eigenvalue weighted by molar-refractivity contribution is 7.88. The van der Waals surface area contributed by atoms with E-state index in [1.165, 1.54) is 32.4 Å². The van der Waals surface area contributed by atoms with Crippen LogP contribution in [0.3, 0.4) is 0 Å². The van der Waals surface area contributed by atoms with Gasteiger partial charge in [0, 0.05) is 11.9 Å². The molecule has 0 amide bonds. The average molecular weight is 700 g/mol. The third kappa shape index (κ3) is 9.18. The zero-order valence-corrected chi connectivity index (χ0v) is 27.7. The summed E-state index contributed by atoms with van der Waals surface area (Å²) in [7, 11) is -2.79. The van der Waals surface area contributed by atoms with Crippen molar-refractivity contribution in [1.29, 1.82) is 0 Å². The van der Waals surface area contributed by atoms with E-state index in [0.29, 0.717) is 28.9 Å². The number of phenols is 1. The molecule has 1 aliphatic heterocycles. The number of ether oxygens (including phenoxy) is 4. The van der Waals surface area contributed by atoms with Gasteiger partial charge < -0.3 is 28.2 Å². The molecule has 6 rings (SSSR count). The smallest absolute Gasteiger partial charge is 0.508 e. The Bertz CT molecular complexity index is 1980. The molecule has 0 aliphatic carbocycles. The molecule has 0 bridgehead atoms. The highest BCUT2D eigenvalue weighted by atomic mass is 32.2. The van der Waals surface area contributed by atoms with Crippen molar-refractivity contribution in [3.05, 3.63) is 91.0 Å². The summed E-state index contributed by atoms with van der Waals surface area (Å²) in [4.78, 5) is 2.35. The maximum Gasteiger partial charge on any atom is 0.534 e. The van der Waals surface area contributed by atoms with Crippen LogP contribution in [0.4, 0.5) is 13.2 Å². The number of halogens is 3. The standard InChI is InChI=1S/C25H26F3NO6S.C11H10O2/c1-32-21-10-11-22-18(17-21)5-12-23(35-36(30,31)25(26,27)28)24(22)34-20-8-6-19(7-9-20)33-16-15-29-13-3-2-4-14-29;1-13-11-5-3-8-6-10(12)4-2-9(8)7-11/h5-12,17H,2-4,13-16H2,1H3;2-7,12H,1H3. The first-order valence-corrected chi connectivity index (χ1v) is 16.9. The molecule has 5 aromatic carbocycles. The van der Waals surface area contributed by atoms with Crippen LogP contribution in [-0.2, 0) is 10.1 Å². The molecule has 0 atom stereocenters. The second-order valence-corrected chi connectivity index (χ2v) is 12.7. The number of phenolic OH excluding ortho intramolecular Hbond substituents is 1. The van der Waals surface area contributed by atoms with Crippen molar-refractivity contribution in [1.82, 2.24) is 4.90 Å². The first kappa shape index (κ1) is 35.4. The van der Waals surface area contributed by atoms with Gasteiger partial charge in [-0.25, -0.2) is 0 Å². The molecule has 0 spiro atoms. The number of methoxy groups -OCH3 is 2. The number of benzene rings is 5. The van der Waals surface area contributed by atoms with Gasteiger partial charge in [0.05, 0.1) is 14.2 Å². The summed E-state index contributed by atoms with van der Waals surface area (Å²) in [5.41, 5.74) is -5.59. The third-order valence-corrected chi connectivity index (χ3v) is 8.79. The van der Waals surface area contributed by atoms with Crippen LogP contribution in [0.2, 0.25) is 0 Å². The molecule has 0 saturated carbocycles. The molecular weight excluding hydrogens is 663 g/mol. The third-order valence-electron chi connectivity index (χ3n) is 7.82. The van der Waals surface area contributed by atoms with Gasteiger partial charge in [-0.3, -0.25) is 4.90 Å². The Balaban J connectivity index is 0.000000299. The Morgan fingerprint density at radius 2 is 1.29 bits per heavy atom. The second-order valence-electron chi connectivity index (χ2n) is 11.2. The monoisotopic (exact) mass is 699 g/mol. The fourth-order valence-corrected chi connectivity index (χ4v) is 5.72. The van der Waals surface area contributed by atoms with Gasteiger partial charge in [0.1, 0.15) is 35.4 Å². The average Bonchev–Trinajstić information content (AvgIpc) is 3.09. The quantitative estimate of drug-likeness (QED) is 0.114. The van der Waals surface area contributed by atoms with E-state index in [9.17, 15) is 26.7 Å². The van der Waals surface area contributed by atoms with Crippen molar-refractivity contribution < 1.29 is 49.8 Å². The number of rotatable bonds is 10. The summed E-state index contributed by atoms with van der Waals surface area (Å²) in [5.74, 6) is 1.73. The predicted octanol–water partition coefficient (Wildman–Crippen LogP) is 8.29. The van der Waals surface area contributed by atoms with Crippen molar-refractivity contribution in [3.63, 3.8) is 0 Å². The molecule has 1 heterocycles. The van der Waals surface area contributed by atoms with Gasteiger partial charge in [-0.2, -0.15) is 21.6 Å². The Morgan fingerprint density at radius 3 is 1.96 bits per heavy atom. The summed E-state index contributed by atoms with van der Waals surface area (Å²) >= 11 is 0. The molecule has 0 radical (unpaired) electrons. The Kier molecular flexibility index (Phi) is 11.2. The van der Waals surface area contributed by atoms with Crippen LogP contribution in [0.1, 0.15) is 19.3 Å². The minimum atomic E-state index is -5.90. The fraction of sp³-hybridized carbons (Fsp3) is 0.278. The van der Waals surface area contributed by atoms with Gasteiger partial charge in [-0.1, -0.05) is 24.6 Å². The van der Waals surface area contributed by atoms with Crippen LogP contribution >= 0.6 is 0 Å². The lowest BCUT2D eigenvalue weighted by Crippen LogP contribution is -2.33. The number of hydrogen-bond acceptors (Lipinski definition) is 9. The summed E-state index contributed by atoms with van der Waals surface area (Å²) in [6, 6.07) is 24.8. The van der Waals surface area contributed by atoms with Crippen molar-refractivity contribution >= 4 is 31.7 Å². The predicted molar refractivity (Wildman–Crippen MR) is 181 cm³/mol. The molecule has 1 saturated heterocycles. The van der Waals surface area contributed by atoms with Gasteiger partial charge in [-0.05, 0) is 115 Å². The molecule has 0 unspecified atom stereocenters. The first-order chi connectivity index (χ1) is 23.5. The van der Waals surface area contributed by atoms with E-state index >= 15 is 0 Å². The molecule has 1 N–H and O–H groups in total. The van der Waals surface area contributed by atoms with Gasteiger partial charge in [0.15, 0.2) is 11.5 Å². The van der Waals surface area contributed by atoms with Crippen LogP contribution in [0.15, 0.2) is 91.0 Å². The number of piperidine rings is 1. The van der Waals surface area contributed by atoms with Crippen LogP contribution < -0.4 is 23.1 Å². The van der Waals surface area contributed by atoms with E-state index in [0.717, 1.165) is 42.2 Å². The molecule has 13 heteroatoms. The van der Waals surface area contributed by atoms with Gasteiger partial charge in [0.2, 0.25) is 0 Å². The summed E-state index contributed by atoms with van der Waals surface area (Å²) < 4.78 is 88.6. The fourth-order valence-electron chi connectivity index (χ4n) is 5.26. The van der Waals surface area contributed by atoms with E-state index in [1.807, 2.05) is 24.3 Å². The second kappa shape index (κ2) is 15.6. The van der Waals surface area contributed by atoms with Gasteiger partial charge in [-0.15, -0.1) is 0 Å². The highest BCUT2D eigenvalue weighted by Crippen LogP contribution is 2.42. The van der Waals surface area contributed by atoms with Gasteiger partial charge in [0.25, 0.3) is 0 Å². The highest BCUT2D eigenvalue weighted by Gasteiger charge is 2.49. The number of fused-ring (bicyclic) bond motifs is 2. The van der Waals surface area contributed by atoms with Crippen LogP contribution in [0.25, 0.3) is 21.5 Å². The molecular formula is C36H36F3NO8S. The topological polar surface area (TPSA) is 104 Å². The summed E-state index contributed by atoms with van der Waals surface area (Å²) in [5, 5.41) is 12.2. The zero-order chi connectivity index (χ0) is 35.0. The summed E-state index contributed by atoms with van der Waals surface area (Å²) in [6.45, 7) is 3.49. The number of hydrogen-bond donors (Lipinski definition) is 1. The van der Waals surface area contributed by atoms with E-state index in [1.54, 1.807) is 61.7 Å². The maximum absolute atomic E-state index is 13.0. The maximum atomic E-state index is 13.0. The van der Waals surface area contributed by atoms with Crippen LogP contribution in [0, 0.1) is 0 Å². The number of likely N-dealkylation sites (tertiary alicyclic amines) is 1. The molecule has 9 nitrogen and oxygen atoms in total. The van der Waals surface area contributed by atoms with E-state index < -0.39 is 21.4 Å². The SMILES string of the molecule is COc1ccc2c(Oc3ccc(OCCN4CCCCC4)cc3)c(OS(=O)(=O)C(F)(F)F)ccc2c1.COc1ccc2cc(O)ccc2c1. The lowest BCUT2D eigenvalue weighted by molar-refractivity contribution is -0.0500. The molecule has 1 aliphatic rings. The van der Waals surface area contributed by atoms with Crippen LogP contribution in [-0.4, -0.2) is 64.4 Å². The van der Waals surface area contributed by atoms with Crippen molar-refractivity contribution in [3.8, 4) is 40.2 Å². The zero-order valence-electron chi connectivity index (χ0n) is 26.9. The summed E-state index contributed by atoms with van der Waals surface area (Å²) in [6.07, 6.45) is 3.66. The number of alkyl halides is 3. The molecule has 0 aromatic heterocycles. The molecule has 49 heavy (non-hydrogen) atoms. The lowest BCUT2D eigenvalue weighted by Gasteiger charge is -2.26.